The molecule has 1 saturated carbocycles. The van der Waals surface area contributed by atoms with E-state index >= 15 is 0 Å². The van der Waals surface area contributed by atoms with Crippen LogP contribution in [-0.4, -0.2) is 57.8 Å². The van der Waals surface area contributed by atoms with Crippen molar-refractivity contribution in [2.45, 2.75) is 37.8 Å². The molecule has 26 heavy (non-hydrogen) atoms. The Morgan fingerprint density at radius 3 is 2.85 bits per heavy atom. The maximum atomic E-state index is 12.2. The molecule has 0 radical (unpaired) electrons. The van der Waals surface area contributed by atoms with Crippen molar-refractivity contribution in [2.24, 2.45) is 0 Å². The summed E-state index contributed by atoms with van der Waals surface area (Å²) in [5.41, 5.74) is 1.40. The van der Waals surface area contributed by atoms with Crippen LogP contribution in [0.4, 0.5) is 5.69 Å². The Kier molecular flexibility index (Phi) is 5.98. The van der Waals surface area contributed by atoms with Crippen LogP contribution in [-0.2, 0) is 9.53 Å². The second-order valence-corrected chi connectivity index (χ2v) is 6.91. The summed E-state index contributed by atoms with van der Waals surface area (Å²) in [4.78, 5) is 26.5. The summed E-state index contributed by atoms with van der Waals surface area (Å²) in [6, 6.07) is 5.66. The van der Waals surface area contributed by atoms with Gasteiger partial charge in [-0.25, -0.2) is 0 Å². The van der Waals surface area contributed by atoms with Gasteiger partial charge >= 0.3 is 0 Å². The zero-order chi connectivity index (χ0) is 18.5. The number of hydrogen-bond acceptors (Lipinski definition) is 5. The van der Waals surface area contributed by atoms with Gasteiger partial charge in [0.2, 0.25) is 5.91 Å². The van der Waals surface area contributed by atoms with Gasteiger partial charge in [-0.15, -0.1) is 0 Å². The molecular formula is C19H27N3O4. The molecule has 1 heterocycles. The highest BCUT2D eigenvalue weighted by Crippen LogP contribution is 2.34. The molecule has 0 aromatic heterocycles. The van der Waals surface area contributed by atoms with E-state index in [4.69, 9.17) is 9.47 Å². The summed E-state index contributed by atoms with van der Waals surface area (Å²) in [7, 11) is 3.54. The molecule has 1 fully saturated rings. The third kappa shape index (κ3) is 4.27. The van der Waals surface area contributed by atoms with Gasteiger partial charge < -0.3 is 25.0 Å². The fourth-order valence-corrected chi connectivity index (χ4v) is 3.17. The summed E-state index contributed by atoms with van der Waals surface area (Å²) in [6.45, 7) is 1.39. The largest absolute Gasteiger partial charge is 0.489 e. The number of fused-ring (bicyclic) bond motifs is 1. The van der Waals surface area contributed by atoms with Crippen LogP contribution in [0.2, 0.25) is 0 Å². The lowest BCUT2D eigenvalue weighted by Crippen LogP contribution is -2.46. The molecule has 0 saturated heterocycles. The van der Waals surface area contributed by atoms with Crippen LogP contribution in [0.3, 0.4) is 0 Å². The highest BCUT2D eigenvalue weighted by Gasteiger charge is 2.29. The molecule has 0 bridgehead atoms. The minimum Gasteiger partial charge on any atom is -0.489 e. The molecule has 0 unspecified atom stereocenters. The quantitative estimate of drug-likeness (QED) is 0.716. The van der Waals surface area contributed by atoms with Gasteiger partial charge in [-0.3, -0.25) is 9.59 Å². The van der Waals surface area contributed by atoms with Crippen molar-refractivity contribution in [1.29, 1.82) is 0 Å². The first kappa shape index (κ1) is 18.5. The molecular weight excluding hydrogens is 334 g/mol. The standard InChI is InChI=1S/C19H27N3O4/c1-22-15(11-18(23)21-14-4-3-5-14)12-26-17-7-6-13(10-16(17)22)19(24)20-8-9-25-2/h6-7,10,14-15H,3-5,8-9,11-12H2,1-2H3,(H,20,24)(H,21,23)/t15-/m0/s1. The van der Waals surface area contributed by atoms with Crippen molar-refractivity contribution in [2.75, 3.05) is 38.8 Å². The monoisotopic (exact) mass is 361 g/mol. The lowest BCUT2D eigenvalue weighted by atomic mass is 9.93. The molecule has 0 spiro atoms. The number of anilines is 1. The van der Waals surface area contributed by atoms with E-state index in [1.807, 2.05) is 24.1 Å². The summed E-state index contributed by atoms with van der Waals surface area (Å²) in [5, 5.41) is 5.88. The summed E-state index contributed by atoms with van der Waals surface area (Å²) in [5.74, 6) is 0.645. The number of nitrogens with one attached hydrogen (secondary N) is 2. The van der Waals surface area contributed by atoms with Gasteiger partial charge in [-0.2, -0.15) is 0 Å². The van der Waals surface area contributed by atoms with E-state index in [1.165, 1.54) is 6.42 Å². The molecule has 3 rings (SSSR count). The zero-order valence-electron chi connectivity index (χ0n) is 15.4. The van der Waals surface area contributed by atoms with Crippen LogP contribution in [0.15, 0.2) is 18.2 Å². The third-order valence-corrected chi connectivity index (χ3v) is 5.06. The van der Waals surface area contributed by atoms with Gasteiger partial charge in [0.15, 0.2) is 0 Å². The topological polar surface area (TPSA) is 79.9 Å². The molecule has 2 N–H and O–H groups in total. The Hall–Kier alpha value is -2.28. The number of carbonyl (C=O) groups is 2. The van der Waals surface area contributed by atoms with Gasteiger partial charge in [-0.05, 0) is 37.5 Å². The Labute approximate surface area is 154 Å². The number of nitrogens with zero attached hydrogens (tertiary/aromatic N) is 1. The first-order valence-corrected chi connectivity index (χ1v) is 9.14. The molecule has 1 aromatic carbocycles. The van der Waals surface area contributed by atoms with Gasteiger partial charge in [-0.1, -0.05) is 0 Å². The zero-order valence-corrected chi connectivity index (χ0v) is 15.4. The van der Waals surface area contributed by atoms with Crippen molar-refractivity contribution in [1.82, 2.24) is 10.6 Å². The summed E-state index contributed by atoms with van der Waals surface area (Å²) >= 11 is 0. The minimum absolute atomic E-state index is 0.0469. The van der Waals surface area contributed by atoms with Gasteiger partial charge in [0, 0.05) is 32.3 Å². The number of hydrogen-bond donors (Lipinski definition) is 2. The van der Waals surface area contributed by atoms with E-state index in [2.05, 4.69) is 10.6 Å². The molecule has 1 aromatic rings. The van der Waals surface area contributed by atoms with Crippen LogP contribution < -0.4 is 20.3 Å². The van der Waals surface area contributed by atoms with E-state index in [0.29, 0.717) is 37.8 Å². The lowest BCUT2D eigenvalue weighted by Gasteiger charge is -2.36. The molecule has 1 aliphatic heterocycles. The van der Waals surface area contributed by atoms with Gasteiger partial charge in [0.05, 0.1) is 24.8 Å². The number of likely N-dealkylation sites (N-methyl/N-ethyl adjacent to an activating group) is 1. The van der Waals surface area contributed by atoms with Crippen molar-refractivity contribution in [3.05, 3.63) is 23.8 Å². The van der Waals surface area contributed by atoms with E-state index < -0.39 is 0 Å². The number of amides is 2. The van der Waals surface area contributed by atoms with Crippen LogP contribution in [0.1, 0.15) is 36.0 Å². The van der Waals surface area contributed by atoms with Crippen LogP contribution in [0.25, 0.3) is 0 Å². The van der Waals surface area contributed by atoms with Gasteiger partial charge in [0.1, 0.15) is 12.4 Å². The van der Waals surface area contributed by atoms with Crippen molar-refractivity contribution < 1.29 is 19.1 Å². The number of ether oxygens (including phenoxy) is 2. The Morgan fingerprint density at radius 1 is 1.35 bits per heavy atom. The van der Waals surface area contributed by atoms with Gasteiger partial charge in [0.25, 0.3) is 5.91 Å². The fraction of sp³-hybridized carbons (Fsp3) is 0.579. The van der Waals surface area contributed by atoms with Crippen molar-refractivity contribution in [3.63, 3.8) is 0 Å². The third-order valence-electron chi connectivity index (χ3n) is 5.06. The molecule has 7 nitrogen and oxygen atoms in total. The molecule has 1 aliphatic carbocycles. The van der Waals surface area contributed by atoms with E-state index in [-0.39, 0.29) is 17.9 Å². The number of methoxy groups -OCH3 is 1. The molecule has 142 valence electrons. The first-order chi connectivity index (χ1) is 12.6. The Morgan fingerprint density at radius 2 is 2.15 bits per heavy atom. The second-order valence-electron chi connectivity index (χ2n) is 6.91. The predicted octanol–water partition coefficient (Wildman–Crippen LogP) is 1.32. The Bertz CT molecular complexity index is 660. The Balaban J connectivity index is 1.63. The normalized spacial score (nSPS) is 19.2. The van der Waals surface area contributed by atoms with Crippen LogP contribution in [0.5, 0.6) is 5.75 Å². The highest BCUT2D eigenvalue weighted by atomic mass is 16.5. The van der Waals surface area contributed by atoms with E-state index in [9.17, 15) is 9.59 Å². The first-order valence-electron chi connectivity index (χ1n) is 9.14. The fourth-order valence-electron chi connectivity index (χ4n) is 3.17. The average molecular weight is 361 g/mol. The van der Waals surface area contributed by atoms with E-state index in [0.717, 1.165) is 24.3 Å². The number of carbonyl (C=O) groups excluding carboxylic acids is 2. The maximum Gasteiger partial charge on any atom is 0.251 e. The minimum atomic E-state index is -0.150. The predicted molar refractivity (Wildman–Crippen MR) is 98.7 cm³/mol. The highest BCUT2D eigenvalue weighted by molar-refractivity contribution is 5.95. The average Bonchev–Trinajstić information content (AvgIpc) is 2.60. The van der Waals surface area contributed by atoms with Crippen LogP contribution >= 0.6 is 0 Å². The SMILES string of the molecule is COCCNC(=O)c1ccc2c(c1)N(C)[C@@H](CC(=O)NC1CCC1)CO2. The van der Waals surface area contributed by atoms with Crippen molar-refractivity contribution in [3.8, 4) is 5.75 Å². The molecule has 2 amide bonds. The maximum absolute atomic E-state index is 12.2. The lowest BCUT2D eigenvalue weighted by molar-refractivity contribution is -0.122. The van der Waals surface area contributed by atoms with E-state index in [1.54, 1.807) is 13.2 Å². The molecule has 2 aliphatic rings. The molecule has 7 heteroatoms. The second kappa shape index (κ2) is 8.40. The number of rotatable bonds is 7. The smallest absolute Gasteiger partial charge is 0.251 e. The van der Waals surface area contributed by atoms with Crippen molar-refractivity contribution >= 4 is 17.5 Å². The summed E-state index contributed by atoms with van der Waals surface area (Å²) in [6.07, 6.45) is 3.73. The number of benzene rings is 1. The van der Waals surface area contributed by atoms with Crippen LogP contribution in [0, 0.1) is 0 Å². The molecule has 1 atom stereocenters. The summed E-state index contributed by atoms with van der Waals surface area (Å²) < 4.78 is 10.8.